The SMILES string of the molecule is CCCOC(=O)Nc1cccc(OC(=O)NC)c1. The summed E-state index contributed by atoms with van der Waals surface area (Å²) < 4.78 is 9.79. The van der Waals surface area contributed by atoms with Crippen LogP contribution in [0, 0.1) is 0 Å². The summed E-state index contributed by atoms with van der Waals surface area (Å²) in [7, 11) is 1.46. The summed E-state index contributed by atoms with van der Waals surface area (Å²) in [5, 5.41) is 4.86. The van der Waals surface area contributed by atoms with Gasteiger partial charge in [-0.1, -0.05) is 13.0 Å². The molecule has 0 bridgehead atoms. The molecule has 0 heterocycles. The van der Waals surface area contributed by atoms with Gasteiger partial charge in [-0.3, -0.25) is 5.32 Å². The molecule has 0 saturated carbocycles. The number of nitrogens with one attached hydrogen (secondary N) is 2. The summed E-state index contributed by atoms with van der Waals surface area (Å²) in [5.41, 5.74) is 0.498. The predicted molar refractivity (Wildman–Crippen MR) is 66.8 cm³/mol. The molecule has 2 N–H and O–H groups in total. The normalized spacial score (nSPS) is 9.44. The molecule has 0 unspecified atom stereocenters. The lowest BCUT2D eigenvalue weighted by Crippen LogP contribution is -2.22. The van der Waals surface area contributed by atoms with Gasteiger partial charge in [-0.2, -0.15) is 0 Å². The Morgan fingerprint density at radius 2 is 2.06 bits per heavy atom. The van der Waals surface area contributed by atoms with Gasteiger partial charge in [-0.05, 0) is 18.6 Å². The maximum absolute atomic E-state index is 11.3. The summed E-state index contributed by atoms with van der Waals surface area (Å²) in [4.78, 5) is 22.3. The van der Waals surface area contributed by atoms with E-state index in [0.29, 0.717) is 18.0 Å². The number of hydrogen-bond donors (Lipinski definition) is 2. The van der Waals surface area contributed by atoms with Gasteiger partial charge in [0.15, 0.2) is 0 Å². The summed E-state index contributed by atoms with van der Waals surface area (Å²) >= 11 is 0. The van der Waals surface area contributed by atoms with Gasteiger partial charge in [0.05, 0.1) is 6.61 Å². The molecule has 0 aromatic heterocycles. The van der Waals surface area contributed by atoms with E-state index in [1.807, 2.05) is 6.92 Å². The van der Waals surface area contributed by atoms with Crippen LogP contribution in [-0.4, -0.2) is 25.8 Å². The van der Waals surface area contributed by atoms with Crippen LogP contribution in [-0.2, 0) is 4.74 Å². The third kappa shape index (κ3) is 4.73. The van der Waals surface area contributed by atoms with Crippen LogP contribution in [0.4, 0.5) is 15.3 Å². The average molecular weight is 252 g/mol. The second kappa shape index (κ2) is 7.16. The van der Waals surface area contributed by atoms with Crippen molar-refractivity contribution in [2.75, 3.05) is 19.0 Å². The van der Waals surface area contributed by atoms with Crippen molar-refractivity contribution in [3.63, 3.8) is 0 Å². The van der Waals surface area contributed by atoms with Crippen molar-refractivity contribution >= 4 is 17.9 Å². The Balaban J connectivity index is 2.59. The first-order chi connectivity index (χ1) is 8.65. The smallest absolute Gasteiger partial charge is 0.412 e. The van der Waals surface area contributed by atoms with Gasteiger partial charge in [0, 0.05) is 18.8 Å². The molecular weight excluding hydrogens is 236 g/mol. The van der Waals surface area contributed by atoms with Gasteiger partial charge < -0.3 is 14.8 Å². The molecular formula is C12H16N2O4. The van der Waals surface area contributed by atoms with Crippen molar-refractivity contribution in [2.24, 2.45) is 0 Å². The largest absolute Gasteiger partial charge is 0.449 e. The molecule has 1 aromatic carbocycles. The molecule has 2 amide bonds. The van der Waals surface area contributed by atoms with Gasteiger partial charge in [-0.25, -0.2) is 9.59 Å². The number of ether oxygens (including phenoxy) is 2. The quantitative estimate of drug-likeness (QED) is 0.862. The minimum absolute atomic E-state index is 0.336. The highest BCUT2D eigenvalue weighted by Crippen LogP contribution is 2.17. The zero-order chi connectivity index (χ0) is 13.4. The van der Waals surface area contributed by atoms with Crippen LogP contribution in [0.15, 0.2) is 24.3 Å². The van der Waals surface area contributed by atoms with E-state index in [1.165, 1.54) is 13.1 Å². The van der Waals surface area contributed by atoms with Gasteiger partial charge in [0.2, 0.25) is 0 Å². The molecule has 0 aliphatic carbocycles. The van der Waals surface area contributed by atoms with Crippen LogP contribution in [0.2, 0.25) is 0 Å². The zero-order valence-corrected chi connectivity index (χ0v) is 10.4. The lowest BCUT2D eigenvalue weighted by atomic mass is 10.3. The standard InChI is InChI=1S/C12H16N2O4/c1-3-7-17-12(16)14-9-5-4-6-10(8-9)18-11(15)13-2/h4-6,8H,3,7H2,1-2H3,(H,13,15)(H,14,16). The van der Waals surface area contributed by atoms with Gasteiger partial charge in [0.25, 0.3) is 0 Å². The molecule has 0 aliphatic rings. The lowest BCUT2D eigenvalue weighted by molar-refractivity contribution is 0.161. The predicted octanol–water partition coefficient (Wildman–Crippen LogP) is 2.36. The molecule has 0 aliphatic heterocycles. The third-order valence-electron chi connectivity index (χ3n) is 1.93. The Morgan fingerprint density at radius 1 is 1.28 bits per heavy atom. The molecule has 6 nitrogen and oxygen atoms in total. The summed E-state index contributed by atoms with van der Waals surface area (Å²) in [6.07, 6.45) is -0.345. The molecule has 6 heteroatoms. The van der Waals surface area contributed by atoms with Crippen LogP contribution in [0.25, 0.3) is 0 Å². The van der Waals surface area contributed by atoms with Crippen LogP contribution < -0.4 is 15.4 Å². The molecule has 1 aromatic rings. The lowest BCUT2D eigenvalue weighted by Gasteiger charge is -2.08. The van der Waals surface area contributed by atoms with E-state index in [0.717, 1.165) is 6.42 Å². The topological polar surface area (TPSA) is 76.7 Å². The highest BCUT2D eigenvalue weighted by Gasteiger charge is 2.05. The van der Waals surface area contributed by atoms with E-state index in [9.17, 15) is 9.59 Å². The van der Waals surface area contributed by atoms with E-state index in [4.69, 9.17) is 9.47 Å². The fraction of sp³-hybridized carbons (Fsp3) is 0.333. The maximum Gasteiger partial charge on any atom is 0.412 e. The summed E-state index contributed by atoms with van der Waals surface area (Å²) in [6.45, 7) is 2.27. The van der Waals surface area contributed by atoms with Crippen LogP contribution in [0.1, 0.15) is 13.3 Å². The summed E-state index contributed by atoms with van der Waals surface area (Å²) in [6, 6.07) is 6.47. The van der Waals surface area contributed by atoms with Crippen LogP contribution >= 0.6 is 0 Å². The van der Waals surface area contributed by atoms with E-state index >= 15 is 0 Å². The molecule has 98 valence electrons. The Hall–Kier alpha value is -2.24. The van der Waals surface area contributed by atoms with Crippen molar-refractivity contribution in [3.05, 3.63) is 24.3 Å². The van der Waals surface area contributed by atoms with Gasteiger partial charge in [-0.15, -0.1) is 0 Å². The van der Waals surface area contributed by atoms with Crippen molar-refractivity contribution in [1.29, 1.82) is 0 Å². The first-order valence-corrected chi connectivity index (χ1v) is 5.59. The number of carbonyl (C=O) groups is 2. The van der Waals surface area contributed by atoms with E-state index in [1.54, 1.807) is 18.2 Å². The highest BCUT2D eigenvalue weighted by molar-refractivity contribution is 5.85. The number of benzene rings is 1. The second-order valence-corrected chi connectivity index (χ2v) is 3.43. The number of rotatable bonds is 4. The minimum Gasteiger partial charge on any atom is -0.449 e. The fourth-order valence-electron chi connectivity index (χ4n) is 1.14. The highest BCUT2D eigenvalue weighted by atomic mass is 16.6. The summed E-state index contributed by atoms with van der Waals surface area (Å²) in [5.74, 6) is 0.336. The number of anilines is 1. The van der Waals surface area contributed by atoms with Crippen LogP contribution in [0.5, 0.6) is 5.75 Å². The zero-order valence-electron chi connectivity index (χ0n) is 10.4. The number of amides is 2. The maximum atomic E-state index is 11.3. The Labute approximate surface area is 105 Å². The Morgan fingerprint density at radius 3 is 2.72 bits per heavy atom. The van der Waals surface area contributed by atoms with Gasteiger partial charge in [0.1, 0.15) is 5.75 Å². The van der Waals surface area contributed by atoms with E-state index < -0.39 is 12.2 Å². The van der Waals surface area contributed by atoms with Crippen LogP contribution in [0.3, 0.4) is 0 Å². The van der Waals surface area contributed by atoms with Crippen molar-refractivity contribution in [3.8, 4) is 5.75 Å². The van der Waals surface area contributed by atoms with E-state index in [-0.39, 0.29) is 0 Å². The van der Waals surface area contributed by atoms with Crippen molar-refractivity contribution in [1.82, 2.24) is 5.32 Å². The molecule has 18 heavy (non-hydrogen) atoms. The molecule has 0 spiro atoms. The molecule has 0 fully saturated rings. The Bertz CT molecular complexity index is 420. The fourth-order valence-corrected chi connectivity index (χ4v) is 1.14. The molecule has 0 atom stereocenters. The first kappa shape index (κ1) is 13.8. The number of carbonyl (C=O) groups excluding carboxylic acids is 2. The Kier molecular flexibility index (Phi) is 5.50. The van der Waals surface area contributed by atoms with Crippen molar-refractivity contribution in [2.45, 2.75) is 13.3 Å². The number of hydrogen-bond acceptors (Lipinski definition) is 4. The monoisotopic (exact) mass is 252 g/mol. The minimum atomic E-state index is -0.569. The van der Waals surface area contributed by atoms with Crippen molar-refractivity contribution < 1.29 is 19.1 Å². The molecule has 1 rings (SSSR count). The second-order valence-electron chi connectivity index (χ2n) is 3.43. The average Bonchev–Trinajstić information content (AvgIpc) is 2.36. The molecule has 0 radical (unpaired) electrons. The van der Waals surface area contributed by atoms with E-state index in [2.05, 4.69) is 10.6 Å². The van der Waals surface area contributed by atoms with Gasteiger partial charge >= 0.3 is 12.2 Å². The first-order valence-electron chi connectivity index (χ1n) is 5.59. The molecule has 0 saturated heterocycles. The third-order valence-corrected chi connectivity index (χ3v) is 1.93.